The van der Waals surface area contributed by atoms with Crippen molar-refractivity contribution in [2.45, 2.75) is 39.5 Å². The number of anilines is 1. The molecule has 0 fully saturated rings. The van der Waals surface area contributed by atoms with E-state index < -0.39 is 23.5 Å². The van der Waals surface area contributed by atoms with Crippen LogP contribution in [0.1, 0.15) is 42.3 Å². The summed E-state index contributed by atoms with van der Waals surface area (Å²) in [6.45, 7) is 5.47. The van der Waals surface area contributed by atoms with Gasteiger partial charge in [-0.3, -0.25) is 5.32 Å². The Balaban J connectivity index is 2.00. The molecule has 7 nitrogen and oxygen atoms in total. The Labute approximate surface area is 162 Å². The largest absolute Gasteiger partial charge is 0.508 e. The lowest BCUT2D eigenvalue weighted by atomic mass is 10.1. The first-order chi connectivity index (χ1) is 13.1. The number of nitrogens with one attached hydrogen (secondary N) is 2. The molecule has 0 bridgehead atoms. The Morgan fingerprint density at radius 2 is 1.79 bits per heavy atom. The highest BCUT2D eigenvalue weighted by Gasteiger charge is 2.18. The number of halogens is 1. The number of amides is 1. The van der Waals surface area contributed by atoms with Crippen molar-refractivity contribution >= 4 is 17.7 Å². The standard InChI is InChI=1S/C20H23FN2O5/c1-20(2,3)28-19(27)23-15-6-4-5-14(17(15)21)11-22-10-13-8-7-12(18(25)26)9-16(13)24/h4-9,22,24H,10-11H2,1-3H3,(H,23,27)(H,25,26). The molecule has 0 aromatic heterocycles. The second-order valence-corrected chi connectivity index (χ2v) is 7.16. The first-order valence-electron chi connectivity index (χ1n) is 8.60. The van der Waals surface area contributed by atoms with Gasteiger partial charge in [0, 0.05) is 24.2 Å². The first-order valence-corrected chi connectivity index (χ1v) is 8.60. The number of hydrogen-bond donors (Lipinski definition) is 4. The van der Waals surface area contributed by atoms with Gasteiger partial charge in [0.2, 0.25) is 0 Å². The van der Waals surface area contributed by atoms with Crippen molar-refractivity contribution < 1.29 is 28.9 Å². The molecule has 2 rings (SSSR count). The highest BCUT2D eigenvalue weighted by atomic mass is 19.1. The van der Waals surface area contributed by atoms with Gasteiger partial charge >= 0.3 is 12.1 Å². The molecule has 2 aromatic carbocycles. The molecule has 150 valence electrons. The number of rotatable bonds is 6. The lowest BCUT2D eigenvalue weighted by Crippen LogP contribution is -2.27. The predicted molar refractivity (Wildman–Crippen MR) is 102 cm³/mol. The highest BCUT2D eigenvalue weighted by Crippen LogP contribution is 2.21. The Bertz CT molecular complexity index is 877. The van der Waals surface area contributed by atoms with Crippen molar-refractivity contribution in [3.63, 3.8) is 0 Å². The van der Waals surface area contributed by atoms with Crippen molar-refractivity contribution in [2.24, 2.45) is 0 Å². The number of carbonyl (C=O) groups is 2. The lowest BCUT2D eigenvalue weighted by Gasteiger charge is -2.20. The lowest BCUT2D eigenvalue weighted by molar-refractivity contribution is 0.0633. The molecule has 0 atom stereocenters. The van der Waals surface area contributed by atoms with Crippen molar-refractivity contribution in [2.75, 3.05) is 5.32 Å². The van der Waals surface area contributed by atoms with Gasteiger partial charge in [0.05, 0.1) is 11.3 Å². The Morgan fingerprint density at radius 1 is 1.11 bits per heavy atom. The molecule has 0 aliphatic carbocycles. The minimum atomic E-state index is -1.13. The Morgan fingerprint density at radius 3 is 2.39 bits per heavy atom. The molecule has 1 amide bonds. The van der Waals surface area contributed by atoms with Gasteiger partial charge in [-0.25, -0.2) is 14.0 Å². The number of phenolic OH excluding ortho intramolecular Hbond substituents is 1. The fourth-order valence-corrected chi connectivity index (χ4v) is 2.40. The summed E-state index contributed by atoms with van der Waals surface area (Å²) >= 11 is 0. The highest BCUT2D eigenvalue weighted by molar-refractivity contribution is 5.88. The maximum Gasteiger partial charge on any atom is 0.412 e. The van der Waals surface area contributed by atoms with Gasteiger partial charge in [-0.15, -0.1) is 0 Å². The van der Waals surface area contributed by atoms with Gasteiger partial charge in [-0.2, -0.15) is 0 Å². The van der Waals surface area contributed by atoms with Crippen LogP contribution in [0.25, 0.3) is 0 Å². The van der Waals surface area contributed by atoms with E-state index >= 15 is 0 Å². The number of aromatic carboxylic acids is 1. The number of carboxylic acid groups (broad SMARTS) is 1. The molecular weight excluding hydrogens is 367 g/mol. The van der Waals surface area contributed by atoms with Crippen molar-refractivity contribution in [1.82, 2.24) is 5.32 Å². The molecule has 4 N–H and O–H groups in total. The molecular formula is C20H23FN2O5. The molecule has 28 heavy (non-hydrogen) atoms. The Kier molecular flexibility index (Phi) is 6.58. The van der Waals surface area contributed by atoms with Gasteiger partial charge in [0.15, 0.2) is 5.82 Å². The summed E-state index contributed by atoms with van der Waals surface area (Å²) in [7, 11) is 0. The third-order valence-electron chi connectivity index (χ3n) is 3.68. The molecule has 0 saturated heterocycles. The fraction of sp³-hybridized carbons (Fsp3) is 0.300. The number of carbonyl (C=O) groups excluding carboxylic acids is 1. The average molecular weight is 390 g/mol. The number of aromatic hydroxyl groups is 1. The number of phenols is 1. The maximum absolute atomic E-state index is 14.6. The van der Waals surface area contributed by atoms with E-state index in [1.807, 2.05) is 0 Å². The number of hydrogen-bond acceptors (Lipinski definition) is 5. The minimum absolute atomic E-state index is 0.00204. The smallest absolute Gasteiger partial charge is 0.412 e. The minimum Gasteiger partial charge on any atom is -0.508 e. The summed E-state index contributed by atoms with van der Waals surface area (Å²) in [5.41, 5.74) is 0.0804. The molecule has 8 heteroatoms. The van der Waals surface area contributed by atoms with E-state index in [2.05, 4.69) is 10.6 Å². The summed E-state index contributed by atoms with van der Waals surface area (Å²) in [4.78, 5) is 22.7. The van der Waals surface area contributed by atoms with Gasteiger partial charge in [-0.05, 0) is 39.0 Å². The summed E-state index contributed by atoms with van der Waals surface area (Å²) in [5.74, 6) is -1.88. The average Bonchev–Trinajstić information content (AvgIpc) is 2.57. The molecule has 0 aliphatic rings. The van der Waals surface area contributed by atoms with E-state index in [9.17, 15) is 19.1 Å². The van der Waals surface area contributed by atoms with Crippen LogP contribution in [0.15, 0.2) is 36.4 Å². The maximum atomic E-state index is 14.6. The molecule has 0 aliphatic heterocycles. The SMILES string of the molecule is CC(C)(C)OC(=O)Nc1cccc(CNCc2ccc(C(=O)O)cc2O)c1F. The van der Waals surface area contributed by atoms with Crippen LogP contribution >= 0.6 is 0 Å². The van der Waals surface area contributed by atoms with Crippen LogP contribution in [-0.2, 0) is 17.8 Å². The van der Waals surface area contributed by atoms with Gasteiger partial charge in [0.25, 0.3) is 0 Å². The summed E-state index contributed by atoms with van der Waals surface area (Å²) < 4.78 is 19.7. The second kappa shape index (κ2) is 8.71. The zero-order valence-corrected chi connectivity index (χ0v) is 15.9. The van der Waals surface area contributed by atoms with Gasteiger partial charge < -0.3 is 20.3 Å². The van der Waals surface area contributed by atoms with Crippen LogP contribution in [0.3, 0.4) is 0 Å². The molecule has 2 aromatic rings. The number of ether oxygens (including phenoxy) is 1. The summed E-state index contributed by atoms with van der Waals surface area (Å²) in [6.07, 6.45) is -0.750. The van der Waals surface area contributed by atoms with E-state index in [4.69, 9.17) is 9.84 Å². The molecule has 0 saturated carbocycles. The van der Waals surface area contributed by atoms with Crippen LogP contribution in [0.5, 0.6) is 5.75 Å². The van der Waals surface area contributed by atoms with Crippen LogP contribution in [0.4, 0.5) is 14.9 Å². The van der Waals surface area contributed by atoms with E-state index in [0.717, 1.165) is 6.07 Å². The van der Waals surface area contributed by atoms with E-state index in [1.165, 1.54) is 18.2 Å². The van der Waals surface area contributed by atoms with Crippen molar-refractivity contribution in [3.05, 3.63) is 58.9 Å². The zero-order valence-electron chi connectivity index (χ0n) is 15.9. The quantitative estimate of drug-likeness (QED) is 0.596. The summed E-state index contributed by atoms with van der Waals surface area (Å²) in [6, 6.07) is 8.63. The molecule has 0 heterocycles. The van der Waals surface area contributed by atoms with Crippen LogP contribution < -0.4 is 10.6 Å². The van der Waals surface area contributed by atoms with Crippen LogP contribution in [-0.4, -0.2) is 27.9 Å². The predicted octanol–water partition coefficient (Wildman–Crippen LogP) is 3.87. The third kappa shape index (κ3) is 5.95. The first kappa shape index (κ1) is 21.2. The number of carboxylic acids is 1. The normalized spacial score (nSPS) is 11.1. The van der Waals surface area contributed by atoms with Gasteiger partial charge in [0.1, 0.15) is 11.4 Å². The Hall–Kier alpha value is -3.13. The topological polar surface area (TPSA) is 108 Å². The monoisotopic (exact) mass is 390 g/mol. The fourth-order valence-electron chi connectivity index (χ4n) is 2.40. The van der Waals surface area contributed by atoms with E-state index in [0.29, 0.717) is 11.1 Å². The third-order valence-corrected chi connectivity index (χ3v) is 3.68. The molecule has 0 radical (unpaired) electrons. The molecule has 0 unspecified atom stereocenters. The zero-order chi connectivity index (χ0) is 20.9. The van der Waals surface area contributed by atoms with Crippen molar-refractivity contribution in [1.29, 1.82) is 0 Å². The van der Waals surface area contributed by atoms with Crippen LogP contribution in [0, 0.1) is 5.82 Å². The van der Waals surface area contributed by atoms with Gasteiger partial charge in [-0.1, -0.05) is 18.2 Å². The van der Waals surface area contributed by atoms with Crippen molar-refractivity contribution in [3.8, 4) is 5.75 Å². The van der Waals surface area contributed by atoms with E-state index in [-0.39, 0.29) is 30.1 Å². The van der Waals surface area contributed by atoms with E-state index in [1.54, 1.807) is 32.9 Å². The summed E-state index contributed by atoms with van der Waals surface area (Å²) in [5, 5.41) is 24.1. The molecule has 0 spiro atoms. The second-order valence-electron chi connectivity index (χ2n) is 7.16. The number of benzene rings is 2. The van der Waals surface area contributed by atoms with Crippen LogP contribution in [0.2, 0.25) is 0 Å².